The Morgan fingerprint density at radius 2 is 1.90 bits per heavy atom. The van der Waals surface area contributed by atoms with Crippen molar-refractivity contribution in [1.29, 1.82) is 0 Å². The Balaban J connectivity index is 1.88. The smallest absolute Gasteiger partial charge is 0.133 e. The second-order valence-corrected chi connectivity index (χ2v) is 5.67. The molecule has 106 valence electrons. The highest BCUT2D eigenvalue weighted by Gasteiger charge is 2.04. The minimum atomic E-state index is 0.869. The third-order valence-corrected chi connectivity index (χ3v) is 3.82. The van der Waals surface area contributed by atoms with Crippen molar-refractivity contribution < 1.29 is 4.74 Å². The molecule has 1 aromatic heterocycles. The van der Waals surface area contributed by atoms with E-state index in [4.69, 9.17) is 4.74 Å². The summed E-state index contributed by atoms with van der Waals surface area (Å²) < 4.78 is 6.24. The number of pyridine rings is 1. The predicted molar refractivity (Wildman–Crippen MR) is 85.0 cm³/mol. The van der Waals surface area contributed by atoms with Gasteiger partial charge in [0.15, 0.2) is 0 Å². The Labute approximate surface area is 128 Å². The largest absolute Gasteiger partial charge is 0.496 e. The molecule has 0 aliphatic carbocycles. The van der Waals surface area contributed by atoms with E-state index in [1.807, 2.05) is 18.5 Å². The van der Waals surface area contributed by atoms with Gasteiger partial charge in [-0.2, -0.15) is 0 Å². The van der Waals surface area contributed by atoms with E-state index in [-0.39, 0.29) is 0 Å². The third kappa shape index (κ3) is 4.32. The number of nitrogens with zero attached hydrogens (tertiary/aromatic N) is 2. The van der Waals surface area contributed by atoms with Crippen LogP contribution in [0.4, 0.5) is 0 Å². The van der Waals surface area contributed by atoms with Crippen molar-refractivity contribution in [1.82, 2.24) is 9.88 Å². The molecule has 0 aliphatic heterocycles. The molecular weight excluding hydrogens is 316 g/mol. The Morgan fingerprint density at radius 1 is 1.15 bits per heavy atom. The molecule has 0 unspecified atom stereocenters. The van der Waals surface area contributed by atoms with Crippen LogP contribution in [0.15, 0.2) is 47.2 Å². The van der Waals surface area contributed by atoms with Gasteiger partial charge in [-0.15, -0.1) is 0 Å². The van der Waals surface area contributed by atoms with Crippen molar-refractivity contribution in [3.8, 4) is 5.75 Å². The minimum absolute atomic E-state index is 0.869. The van der Waals surface area contributed by atoms with Crippen molar-refractivity contribution in [2.24, 2.45) is 0 Å². The zero-order valence-corrected chi connectivity index (χ0v) is 13.4. The molecule has 0 amide bonds. The Hall–Kier alpha value is -1.39. The van der Waals surface area contributed by atoms with Crippen LogP contribution in [0.3, 0.4) is 0 Å². The van der Waals surface area contributed by atoms with Crippen molar-refractivity contribution in [3.63, 3.8) is 0 Å². The lowest BCUT2D eigenvalue weighted by molar-refractivity contribution is 0.330. The molecule has 0 fully saturated rings. The van der Waals surface area contributed by atoms with Gasteiger partial charge in [0.1, 0.15) is 5.75 Å². The third-order valence-electron chi connectivity index (χ3n) is 3.20. The van der Waals surface area contributed by atoms with Crippen molar-refractivity contribution in [2.45, 2.75) is 13.0 Å². The van der Waals surface area contributed by atoms with E-state index in [0.29, 0.717) is 0 Å². The van der Waals surface area contributed by atoms with Gasteiger partial charge in [0.2, 0.25) is 0 Å². The standard InChI is InChI=1S/C16H19BrN2O/c1-19(10-7-13-5-8-18-9-6-13)12-14-3-4-16(20-2)15(17)11-14/h3-6,8-9,11H,7,10,12H2,1-2H3. The SMILES string of the molecule is COc1ccc(CN(C)CCc2ccncc2)cc1Br. The molecule has 4 heteroatoms. The van der Waals surface area contributed by atoms with E-state index >= 15 is 0 Å². The molecule has 20 heavy (non-hydrogen) atoms. The first-order valence-electron chi connectivity index (χ1n) is 6.59. The number of benzene rings is 1. The molecule has 0 saturated carbocycles. The number of ether oxygens (including phenoxy) is 1. The van der Waals surface area contributed by atoms with Gasteiger partial charge >= 0.3 is 0 Å². The first-order valence-corrected chi connectivity index (χ1v) is 7.38. The van der Waals surface area contributed by atoms with Crippen LogP contribution in [0.2, 0.25) is 0 Å². The van der Waals surface area contributed by atoms with Crippen LogP contribution < -0.4 is 4.74 Å². The molecule has 2 rings (SSSR count). The number of hydrogen-bond donors (Lipinski definition) is 0. The lowest BCUT2D eigenvalue weighted by Gasteiger charge is -2.17. The zero-order chi connectivity index (χ0) is 14.4. The number of hydrogen-bond acceptors (Lipinski definition) is 3. The quantitative estimate of drug-likeness (QED) is 0.808. The molecule has 2 aromatic rings. The Bertz CT molecular complexity index is 545. The van der Waals surface area contributed by atoms with Gasteiger partial charge < -0.3 is 9.64 Å². The van der Waals surface area contributed by atoms with E-state index in [0.717, 1.165) is 29.7 Å². The minimum Gasteiger partial charge on any atom is -0.496 e. The molecular formula is C16H19BrN2O. The van der Waals surface area contributed by atoms with Gasteiger partial charge in [-0.25, -0.2) is 0 Å². The molecule has 1 aromatic carbocycles. The highest BCUT2D eigenvalue weighted by Crippen LogP contribution is 2.25. The monoisotopic (exact) mass is 334 g/mol. The first kappa shape index (κ1) is 15.0. The van der Waals surface area contributed by atoms with Crippen molar-refractivity contribution in [2.75, 3.05) is 20.7 Å². The van der Waals surface area contributed by atoms with Crippen LogP contribution in [0.1, 0.15) is 11.1 Å². The van der Waals surface area contributed by atoms with E-state index in [2.05, 4.69) is 57.1 Å². The molecule has 0 spiro atoms. The summed E-state index contributed by atoms with van der Waals surface area (Å²) in [6, 6.07) is 10.3. The molecule has 0 bridgehead atoms. The summed E-state index contributed by atoms with van der Waals surface area (Å²) in [5.41, 5.74) is 2.60. The van der Waals surface area contributed by atoms with Crippen LogP contribution in [-0.2, 0) is 13.0 Å². The molecule has 0 N–H and O–H groups in total. The van der Waals surface area contributed by atoms with Crippen LogP contribution >= 0.6 is 15.9 Å². The molecule has 3 nitrogen and oxygen atoms in total. The number of aromatic nitrogens is 1. The Kier molecular flexibility index (Phi) is 5.56. The van der Waals surface area contributed by atoms with Crippen LogP contribution in [0.25, 0.3) is 0 Å². The van der Waals surface area contributed by atoms with Gasteiger partial charge in [-0.3, -0.25) is 4.98 Å². The average Bonchev–Trinajstić information content (AvgIpc) is 2.46. The second-order valence-electron chi connectivity index (χ2n) is 4.81. The van der Waals surface area contributed by atoms with Gasteiger partial charge in [-0.05, 0) is 64.8 Å². The second kappa shape index (κ2) is 7.41. The zero-order valence-electron chi connectivity index (χ0n) is 11.8. The van der Waals surface area contributed by atoms with Gasteiger partial charge in [-0.1, -0.05) is 6.07 Å². The van der Waals surface area contributed by atoms with Crippen LogP contribution in [0.5, 0.6) is 5.75 Å². The molecule has 0 aliphatic rings. The lowest BCUT2D eigenvalue weighted by Crippen LogP contribution is -2.20. The van der Waals surface area contributed by atoms with E-state index in [1.165, 1.54) is 11.1 Å². The number of rotatable bonds is 6. The molecule has 0 saturated heterocycles. The summed E-state index contributed by atoms with van der Waals surface area (Å²) in [5, 5.41) is 0. The number of halogens is 1. The summed E-state index contributed by atoms with van der Waals surface area (Å²) in [4.78, 5) is 6.35. The summed E-state index contributed by atoms with van der Waals surface area (Å²) in [6.07, 6.45) is 4.72. The van der Waals surface area contributed by atoms with Crippen molar-refractivity contribution >= 4 is 15.9 Å². The highest BCUT2D eigenvalue weighted by molar-refractivity contribution is 9.10. The maximum atomic E-state index is 5.24. The fourth-order valence-corrected chi connectivity index (χ4v) is 2.66. The van der Waals surface area contributed by atoms with E-state index < -0.39 is 0 Å². The maximum absolute atomic E-state index is 5.24. The Morgan fingerprint density at radius 3 is 2.55 bits per heavy atom. The lowest BCUT2D eigenvalue weighted by atomic mass is 10.1. The summed E-state index contributed by atoms with van der Waals surface area (Å²) in [7, 11) is 3.82. The van der Waals surface area contributed by atoms with Crippen molar-refractivity contribution in [3.05, 3.63) is 58.3 Å². The number of likely N-dealkylation sites (N-methyl/N-ethyl adjacent to an activating group) is 1. The molecule has 0 atom stereocenters. The van der Waals surface area contributed by atoms with Gasteiger partial charge in [0, 0.05) is 25.5 Å². The predicted octanol–water partition coefficient (Wildman–Crippen LogP) is 3.53. The van der Waals surface area contributed by atoms with Gasteiger partial charge in [0.05, 0.1) is 11.6 Å². The summed E-state index contributed by atoms with van der Waals surface area (Å²) in [5.74, 6) is 0.869. The average molecular weight is 335 g/mol. The summed E-state index contributed by atoms with van der Waals surface area (Å²) >= 11 is 3.52. The number of methoxy groups -OCH3 is 1. The maximum Gasteiger partial charge on any atom is 0.133 e. The summed E-state index contributed by atoms with van der Waals surface area (Å²) in [6.45, 7) is 1.95. The topological polar surface area (TPSA) is 25.4 Å². The first-order chi connectivity index (χ1) is 9.69. The normalized spacial score (nSPS) is 10.8. The van der Waals surface area contributed by atoms with Crippen LogP contribution in [-0.4, -0.2) is 30.6 Å². The fourth-order valence-electron chi connectivity index (χ4n) is 2.07. The van der Waals surface area contributed by atoms with Crippen LogP contribution in [0, 0.1) is 0 Å². The molecule has 1 heterocycles. The van der Waals surface area contributed by atoms with E-state index in [9.17, 15) is 0 Å². The highest BCUT2D eigenvalue weighted by atomic mass is 79.9. The van der Waals surface area contributed by atoms with Gasteiger partial charge in [0.25, 0.3) is 0 Å². The fraction of sp³-hybridized carbons (Fsp3) is 0.312. The molecule has 0 radical (unpaired) electrons. The van der Waals surface area contributed by atoms with E-state index in [1.54, 1.807) is 7.11 Å².